The first-order valence-corrected chi connectivity index (χ1v) is 15.7. The van der Waals surface area contributed by atoms with E-state index in [0.29, 0.717) is 41.7 Å². The van der Waals surface area contributed by atoms with Crippen LogP contribution in [0.25, 0.3) is 11.4 Å². The summed E-state index contributed by atoms with van der Waals surface area (Å²) in [6.45, 7) is 4.50. The van der Waals surface area contributed by atoms with Crippen LogP contribution in [0.3, 0.4) is 0 Å². The van der Waals surface area contributed by atoms with Crippen molar-refractivity contribution in [3.63, 3.8) is 0 Å². The number of amides is 3. The Labute approximate surface area is 273 Å². The van der Waals surface area contributed by atoms with Crippen LogP contribution >= 0.6 is 0 Å². The molecule has 47 heavy (non-hydrogen) atoms. The first-order chi connectivity index (χ1) is 22.7. The van der Waals surface area contributed by atoms with Crippen LogP contribution in [0, 0.1) is 5.92 Å². The van der Waals surface area contributed by atoms with Crippen molar-refractivity contribution in [2.45, 2.75) is 39.3 Å². The molecule has 0 spiro atoms. The van der Waals surface area contributed by atoms with E-state index in [4.69, 9.17) is 19.6 Å². The number of nitrogens with zero attached hydrogens (tertiary/aromatic N) is 4. The third-order valence-electron chi connectivity index (χ3n) is 7.90. The Bertz CT molecular complexity index is 1690. The summed E-state index contributed by atoms with van der Waals surface area (Å²) in [5.74, 6) is 1.07. The average Bonchev–Trinajstić information content (AvgIpc) is 3.49. The lowest BCUT2D eigenvalue weighted by Gasteiger charge is -2.26. The van der Waals surface area contributed by atoms with Gasteiger partial charge in [0, 0.05) is 30.6 Å². The summed E-state index contributed by atoms with van der Waals surface area (Å²) >= 11 is 0. The summed E-state index contributed by atoms with van der Waals surface area (Å²) in [5, 5.41) is 20.3. The second-order valence-electron chi connectivity index (χ2n) is 11.6. The zero-order valence-corrected chi connectivity index (χ0v) is 26.8. The number of phenolic OH excluding ortho intramolecular Hbond substituents is 1. The lowest BCUT2D eigenvalue weighted by molar-refractivity contribution is -0.136. The van der Waals surface area contributed by atoms with E-state index in [1.54, 1.807) is 47.1 Å². The van der Waals surface area contributed by atoms with E-state index in [0.717, 1.165) is 11.1 Å². The predicted octanol–water partition coefficient (Wildman–Crippen LogP) is 3.76. The van der Waals surface area contributed by atoms with Gasteiger partial charge in [-0.15, -0.1) is 0 Å². The third kappa shape index (κ3) is 8.46. The number of ether oxygens (including phenoxy) is 2. The summed E-state index contributed by atoms with van der Waals surface area (Å²) in [6, 6.07) is 20.6. The van der Waals surface area contributed by atoms with Crippen molar-refractivity contribution in [2.75, 3.05) is 33.4 Å². The number of phenols is 1. The van der Waals surface area contributed by atoms with Crippen LogP contribution in [0.1, 0.15) is 48.1 Å². The van der Waals surface area contributed by atoms with E-state index < -0.39 is 6.04 Å². The minimum Gasteiger partial charge on any atom is -0.508 e. The molecule has 0 saturated carbocycles. The molecule has 1 aliphatic heterocycles. The molecule has 0 saturated heterocycles. The molecule has 12 heteroatoms. The number of benzene rings is 3. The second kappa shape index (κ2) is 15.3. The number of carbonyl (C=O) groups is 3. The summed E-state index contributed by atoms with van der Waals surface area (Å²) < 4.78 is 13.3. The third-order valence-corrected chi connectivity index (χ3v) is 7.90. The van der Waals surface area contributed by atoms with Gasteiger partial charge in [-0.25, -0.2) is 9.67 Å². The van der Waals surface area contributed by atoms with Gasteiger partial charge in [0.25, 0.3) is 5.91 Å². The molecule has 0 radical (unpaired) electrons. The topological polar surface area (TPSA) is 148 Å². The molecule has 1 aliphatic rings. The first-order valence-electron chi connectivity index (χ1n) is 15.7. The monoisotopic (exact) mass is 640 g/mol. The number of aryl methyl sites for hydroxylation is 1. The lowest BCUT2D eigenvalue weighted by atomic mass is 10.0. The predicted molar refractivity (Wildman–Crippen MR) is 175 cm³/mol. The maximum absolute atomic E-state index is 13.6. The van der Waals surface area contributed by atoms with Gasteiger partial charge in [-0.05, 0) is 48.2 Å². The van der Waals surface area contributed by atoms with Crippen molar-refractivity contribution in [1.82, 2.24) is 30.3 Å². The minimum absolute atomic E-state index is 0.0664. The van der Waals surface area contributed by atoms with Crippen molar-refractivity contribution in [2.24, 2.45) is 5.92 Å². The van der Waals surface area contributed by atoms with Crippen molar-refractivity contribution in [3.8, 4) is 28.6 Å². The molecule has 2 bridgehead atoms. The highest BCUT2D eigenvalue weighted by molar-refractivity contribution is 5.95. The van der Waals surface area contributed by atoms with Gasteiger partial charge in [-0.3, -0.25) is 14.4 Å². The maximum Gasteiger partial charge on any atom is 0.251 e. The second-order valence-corrected chi connectivity index (χ2v) is 11.6. The van der Waals surface area contributed by atoms with Gasteiger partial charge in [0.15, 0.2) is 23.1 Å². The summed E-state index contributed by atoms with van der Waals surface area (Å²) in [6.07, 6.45) is 0.575. The fourth-order valence-electron chi connectivity index (χ4n) is 5.32. The van der Waals surface area contributed by atoms with Gasteiger partial charge in [0.05, 0.1) is 26.2 Å². The lowest BCUT2D eigenvalue weighted by Crippen LogP contribution is -2.46. The first kappa shape index (κ1) is 33.0. The van der Waals surface area contributed by atoms with Gasteiger partial charge in [0.2, 0.25) is 11.8 Å². The number of hydrogen-bond donors (Lipinski definition) is 3. The Kier molecular flexibility index (Phi) is 10.7. The SMILES string of the molecule is COc1ccc2cc1OCCn1nc(-c3ccccc3)nc1[C@@H](C(C)C)NC(=O)CN(C(=O)CCc1ccc(O)cc1)CCNC2=O. The zero-order chi connectivity index (χ0) is 33.3. The molecule has 0 fully saturated rings. The fourth-order valence-corrected chi connectivity index (χ4v) is 5.32. The van der Waals surface area contributed by atoms with E-state index in [9.17, 15) is 19.5 Å². The molecule has 1 atom stereocenters. The van der Waals surface area contributed by atoms with Crippen LogP contribution in [0.5, 0.6) is 17.2 Å². The number of hydrogen-bond acceptors (Lipinski definition) is 8. The summed E-state index contributed by atoms with van der Waals surface area (Å²) in [5.41, 5.74) is 2.07. The standard InChI is InChI=1S/C35H40N6O6/c1-23(2)32-34-38-33(25-7-5-4-6-8-25)39-41(34)19-20-47-29-21-26(12-15-28(29)46-3)35(45)36-17-18-40(22-30(43)37-32)31(44)16-11-24-9-13-27(42)14-10-24/h4-10,12-15,21,23,32,42H,11,16-20,22H2,1-3H3,(H,36,45)(H,37,43)/t32-/m1/s1. The quantitative estimate of drug-likeness (QED) is 0.289. The van der Waals surface area contributed by atoms with E-state index in [1.807, 2.05) is 44.2 Å². The average molecular weight is 641 g/mol. The molecule has 0 aliphatic carbocycles. The molecule has 5 rings (SSSR count). The Morgan fingerprint density at radius 3 is 2.53 bits per heavy atom. The van der Waals surface area contributed by atoms with Gasteiger partial charge < -0.3 is 30.1 Å². The van der Waals surface area contributed by atoms with Gasteiger partial charge in [0.1, 0.15) is 12.4 Å². The van der Waals surface area contributed by atoms with Crippen LogP contribution in [0.4, 0.5) is 0 Å². The number of rotatable bonds is 6. The van der Waals surface area contributed by atoms with E-state index in [-0.39, 0.29) is 62.1 Å². The molecule has 12 nitrogen and oxygen atoms in total. The van der Waals surface area contributed by atoms with E-state index in [1.165, 1.54) is 12.0 Å². The number of nitrogens with one attached hydrogen (secondary N) is 2. The number of carbonyl (C=O) groups excluding carboxylic acids is 3. The molecule has 3 N–H and O–H groups in total. The van der Waals surface area contributed by atoms with Gasteiger partial charge in [-0.2, -0.15) is 5.10 Å². The van der Waals surface area contributed by atoms with Crippen molar-refractivity contribution < 1.29 is 29.0 Å². The molecule has 246 valence electrons. The van der Waals surface area contributed by atoms with E-state index in [2.05, 4.69) is 10.6 Å². The number of methoxy groups -OCH3 is 1. The van der Waals surface area contributed by atoms with Crippen LogP contribution in [-0.4, -0.2) is 75.8 Å². The van der Waals surface area contributed by atoms with Gasteiger partial charge in [-0.1, -0.05) is 56.3 Å². The molecule has 1 aromatic heterocycles. The number of aromatic hydroxyl groups is 1. The molecule has 4 aromatic rings. The Morgan fingerprint density at radius 1 is 1.04 bits per heavy atom. The number of fused-ring (bicyclic) bond motifs is 3. The normalized spacial score (nSPS) is 16.0. The largest absolute Gasteiger partial charge is 0.508 e. The van der Waals surface area contributed by atoms with Crippen LogP contribution in [0.15, 0.2) is 72.8 Å². The zero-order valence-electron chi connectivity index (χ0n) is 26.8. The fraction of sp³-hybridized carbons (Fsp3) is 0.343. The Balaban J connectivity index is 1.46. The highest BCUT2D eigenvalue weighted by Gasteiger charge is 2.27. The van der Waals surface area contributed by atoms with Crippen molar-refractivity contribution in [1.29, 1.82) is 0 Å². The smallest absolute Gasteiger partial charge is 0.251 e. The highest BCUT2D eigenvalue weighted by Crippen LogP contribution is 2.29. The summed E-state index contributed by atoms with van der Waals surface area (Å²) in [7, 11) is 1.53. The van der Waals surface area contributed by atoms with Crippen molar-refractivity contribution >= 4 is 17.7 Å². The van der Waals surface area contributed by atoms with Crippen LogP contribution < -0.4 is 20.1 Å². The van der Waals surface area contributed by atoms with E-state index >= 15 is 0 Å². The summed E-state index contributed by atoms with van der Waals surface area (Å²) in [4.78, 5) is 46.5. The van der Waals surface area contributed by atoms with Crippen LogP contribution in [-0.2, 0) is 22.6 Å². The molecule has 0 unspecified atom stereocenters. The Hall–Kier alpha value is -5.39. The molecular weight excluding hydrogens is 600 g/mol. The number of aromatic nitrogens is 3. The molecule has 3 amide bonds. The molecule has 2 heterocycles. The van der Waals surface area contributed by atoms with Crippen LogP contribution in [0.2, 0.25) is 0 Å². The Morgan fingerprint density at radius 2 is 1.81 bits per heavy atom. The van der Waals surface area contributed by atoms with Gasteiger partial charge >= 0.3 is 0 Å². The van der Waals surface area contributed by atoms with Crippen molar-refractivity contribution in [3.05, 3.63) is 89.7 Å². The highest BCUT2D eigenvalue weighted by atomic mass is 16.5. The minimum atomic E-state index is -0.519. The molecular formula is C35H40N6O6. The molecule has 3 aromatic carbocycles. The maximum atomic E-state index is 13.6.